The van der Waals surface area contributed by atoms with E-state index in [2.05, 4.69) is 54.3 Å². The third-order valence-electron chi connectivity index (χ3n) is 10.3. The number of nitrogens with zero attached hydrogens (tertiary/aromatic N) is 2. The smallest absolute Gasteiger partial charge is 0.223 e. The molecular formula is C40H47IrN2O4S-. The molecule has 4 heterocycles. The van der Waals surface area contributed by atoms with Crippen molar-refractivity contribution >= 4 is 60.2 Å². The van der Waals surface area contributed by atoms with Gasteiger partial charge in [-0.15, -0.1) is 23.6 Å². The first-order valence-corrected chi connectivity index (χ1v) is 17.5. The number of aryl methyl sites for hydroxylation is 1. The van der Waals surface area contributed by atoms with Gasteiger partial charge in [-0.05, 0) is 65.8 Å². The number of ketones is 1. The van der Waals surface area contributed by atoms with Gasteiger partial charge in [-0.2, -0.15) is 11.3 Å². The molecule has 4 aromatic heterocycles. The van der Waals surface area contributed by atoms with Gasteiger partial charge in [0.15, 0.2) is 5.78 Å². The Bertz CT molecular complexity index is 2100. The quantitative estimate of drug-likeness (QED) is 0.0932. The van der Waals surface area contributed by atoms with E-state index < -0.39 is 0 Å². The summed E-state index contributed by atoms with van der Waals surface area (Å²) < 4.78 is 13.3. The molecule has 8 heteroatoms. The Balaban J connectivity index is 0.000000251. The zero-order chi connectivity index (χ0) is 34.3. The normalized spacial score (nSPS) is 12.8. The number of hydrogen-bond acceptors (Lipinski definition) is 7. The molecule has 0 atom stereocenters. The van der Waals surface area contributed by atoms with Crippen LogP contribution in [0.4, 0.5) is 0 Å². The maximum Gasteiger partial charge on any atom is 0.223 e. The van der Waals surface area contributed by atoms with Gasteiger partial charge in [0.1, 0.15) is 23.3 Å². The molecule has 0 aliphatic heterocycles. The number of aromatic nitrogens is 2. The fourth-order valence-electron chi connectivity index (χ4n) is 5.89. The van der Waals surface area contributed by atoms with Gasteiger partial charge < -0.3 is 13.9 Å². The van der Waals surface area contributed by atoms with Crippen LogP contribution in [0.3, 0.4) is 0 Å². The van der Waals surface area contributed by atoms with Crippen LogP contribution in [-0.4, -0.2) is 20.9 Å². The van der Waals surface area contributed by atoms with Gasteiger partial charge in [0.25, 0.3) is 0 Å². The predicted molar refractivity (Wildman–Crippen MR) is 195 cm³/mol. The van der Waals surface area contributed by atoms with Crippen LogP contribution in [0.1, 0.15) is 99.1 Å². The molecule has 6 nitrogen and oxygen atoms in total. The van der Waals surface area contributed by atoms with Crippen LogP contribution in [0, 0.1) is 23.8 Å². The van der Waals surface area contributed by atoms with Gasteiger partial charge in [-0.1, -0.05) is 73.4 Å². The summed E-state index contributed by atoms with van der Waals surface area (Å²) >= 11 is 1.76. The molecule has 6 aromatic rings. The molecule has 0 saturated heterocycles. The van der Waals surface area contributed by atoms with Crippen molar-refractivity contribution in [2.45, 2.75) is 100 Å². The van der Waals surface area contributed by atoms with Crippen LogP contribution < -0.4 is 0 Å². The zero-order valence-electron chi connectivity index (χ0n) is 29.8. The van der Waals surface area contributed by atoms with Crippen molar-refractivity contribution in [3.8, 4) is 11.3 Å². The van der Waals surface area contributed by atoms with Gasteiger partial charge in [-0.3, -0.25) is 9.78 Å². The summed E-state index contributed by atoms with van der Waals surface area (Å²) in [6, 6.07) is 11.9. The molecule has 48 heavy (non-hydrogen) atoms. The van der Waals surface area contributed by atoms with Crippen LogP contribution in [0.5, 0.6) is 0 Å². The van der Waals surface area contributed by atoms with Crippen molar-refractivity contribution in [2.75, 3.05) is 0 Å². The molecule has 0 aliphatic carbocycles. The Morgan fingerprint density at radius 2 is 1.62 bits per heavy atom. The number of benzene rings is 2. The summed E-state index contributed by atoms with van der Waals surface area (Å²) in [6.07, 6.45) is 8.10. The maximum absolute atomic E-state index is 12.2. The van der Waals surface area contributed by atoms with Crippen molar-refractivity contribution in [1.82, 2.24) is 9.97 Å². The molecule has 2 aromatic carbocycles. The van der Waals surface area contributed by atoms with Crippen molar-refractivity contribution in [3.63, 3.8) is 0 Å². The number of furan rings is 2. The summed E-state index contributed by atoms with van der Waals surface area (Å²) in [5.41, 5.74) is 5.68. The first-order chi connectivity index (χ1) is 22.2. The van der Waals surface area contributed by atoms with Gasteiger partial charge in [0.05, 0.1) is 11.6 Å². The molecule has 0 aliphatic rings. The van der Waals surface area contributed by atoms with Gasteiger partial charge in [0, 0.05) is 53.5 Å². The van der Waals surface area contributed by atoms with E-state index in [0.29, 0.717) is 5.71 Å². The van der Waals surface area contributed by atoms with Gasteiger partial charge >= 0.3 is 0 Å². The van der Waals surface area contributed by atoms with Crippen LogP contribution in [0.25, 0.3) is 54.4 Å². The minimum atomic E-state index is -0.337. The minimum Gasteiger partial charge on any atom is -0.512 e. The molecule has 1 N–H and O–H groups in total. The largest absolute Gasteiger partial charge is 0.512 e. The second kappa shape index (κ2) is 14.3. The predicted octanol–water partition coefficient (Wildman–Crippen LogP) is 12.1. The number of rotatable bonds is 8. The first kappa shape index (κ1) is 37.5. The van der Waals surface area contributed by atoms with Crippen LogP contribution in [0.2, 0.25) is 0 Å². The third-order valence-corrected chi connectivity index (χ3v) is 11.2. The fourth-order valence-corrected chi connectivity index (χ4v) is 6.96. The van der Waals surface area contributed by atoms with E-state index in [-0.39, 0.29) is 47.9 Å². The molecule has 6 rings (SSSR count). The molecule has 0 amide bonds. The molecule has 0 saturated carbocycles. The Morgan fingerprint density at radius 1 is 0.958 bits per heavy atom. The molecule has 1 radical (unpaired) electrons. The average molecular weight is 844 g/mol. The molecular weight excluding hydrogens is 797 g/mol. The zero-order valence-corrected chi connectivity index (χ0v) is 33.0. The van der Waals surface area contributed by atoms with E-state index in [1.807, 2.05) is 60.6 Å². The molecule has 0 bridgehead atoms. The number of thiophene rings is 1. The van der Waals surface area contributed by atoms with E-state index in [0.717, 1.165) is 75.2 Å². The Morgan fingerprint density at radius 3 is 2.25 bits per heavy atom. The van der Waals surface area contributed by atoms with E-state index in [1.54, 1.807) is 23.9 Å². The number of carbonyl (C=O) groups is 1. The standard InChI is InChI=1S/C25H19N2O2S.C15H28O2.Ir/c1-13-11-28-22-16(13)5-6-18-19(22)20-21(26-12-27-24(20)29-18)15-9-14-7-8-30-23(14)17(10-15)25(2,3)4;1-7-14(5,8-2)12(16)11-13(17)15(6,9-3)10-4;/h5-8,10-12H,1-4H3;11,16H,7-10H2,1-6H3;/q-1;;/b;12-11-;. The number of hydrogen-bond donors (Lipinski definition) is 1. The summed E-state index contributed by atoms with van der Waals surface area (Å²) in [7, 11) is 0. The number of carbonyl (C=O) groups excluding carboxylic acids is 1. The summed E-state index contributed by atoms with van der Waals surface area (Å²) in [5, 5.41) is 16.2. The number of fused-ring (bicyclic) bond motifs is 6. The summed E-state index contributed by atoms with van der Waals surface area (Å²) in [5.74, 6) is 0.286. The number of aliphatic hydroxyl groups is 1. The first-order valence-electron chi connectivity index (χ1n) is 16.6. The monoisotopic (exact) mass is 844 g/mol. The molecule has 0 unspecified atom stereocenters. The van der Waals surface area contributed by atoms with Crippen molar-refractivity contribution in [1.29, 1.82) is 0 Å². The fraction of sp³-hybridized carbons (Fsp3) is 0.425. The Kier molecular flexibility index (Phi) is 11.1. The van der Waals surface area contributed by atoms with Crippen LogP contribution in [0.15, 0.2) is 62.9 Å². The van der Waals surface area contributed by atoms with Crippen LogP contribution in [-0.2, 0) is 30.3 Å². The second-order valence-electron chi connectivity index (χ2n) is 14.2. The van der Waals surface area contributed by atoms with Crippen molar-refractivity contribution in [3.05, 3.63) is 71.3 Å². The molecule has 0 fully saturated rings. The SMILES string of the molecule is CCC(C)(CC)C(=O)/C=C(\O)C(C)(CC)CC.Cc1coc2c1ccc1oc3ncnc(-c4[c-]c5ccsc5c(C(C)(C)C)c4)c3c12.[Ir]. The van der Waals surface area contributed by atoms with Gasteiger partial charge in [0.2, 0.25) is 5.71 Å². The maximum atomic E-state index is 12.2. The van der Waals surface area contributed by atoms with Gasteiger partial charge in [-0.25, -0.2) is 4.98 Å². The summed E-state index contributed by atoms with van der Waals surface area (Å²) in [4.78, 5) is 21.3. The Hall–Kier alpha value is -3.32. The van der Waals surface area contributed by atoms with E-state index in [9.17, 15) is 9.90 Å². The van der Waals surface area contributed by atoms with E-state index >= 15 is 0 Å². The topological polar surface area (TPSA) is 89.4 Å². The molecule has 257 valence electrons. The third kappa shape index (κ3) is 6.77. The minimum absolute atomic E-state index is 0. The summed E-state index contributed by atoms with van der Waals surface area (Å²) in [6.45, 7) is 20.8. The second-order valence-corrected chi connectivity index (χ2v) is 15.1. The van der Waals surface area contributed by atoms with Crippen molar-refractivity contribution < 1.29 is 38.8 Å². The van der Waals surface area contributed by atoms with E-state index in [4.69, 9.17) is 8.83 Å². The van der Waals surface area contributed by atoms with Crippen molar-refractivity contribution in [2.24, 2.45) is 10.8 Å². The Labute approximate surface area is 301 Å². The average Bonchev–Trinajstić information content (AvgIpc) is 3.79. The molecule has 0 spiro atoms. The number of allylic oxidation sites excluding steroid dienone is 2. The van der Waals surface area contributed by atoms with E-state index in [1.165, 1.54) is 16.3 Å². The number of aliphatic hydroxyl groups excluding tert-OH is 1. The van der Waals surface area contributed by atoms with Crippen LogP contribution >= 0.6 is 11.3 Å².